The van der Waals surface area contributed by atoms with Crippen LogP contribution >= 0.6 is 0 Å². The second kappa shape index (κ2) is 6.10. The Morgan fingerprint density at radius 2 is 1.86 bits per heavy atom. The van der Waals surface area contributed by atoms with E-state index in [1.165, 1.54) is 0 Å². The number of ether oxygens (including phenoxy) is 2. The Morgan fingerprint density at radius 3 is 2.45 bits per heavy atom. The highest BCUT2D eigenvalue weighted by Crippen LogP contribution is 2.29. The van der Waals surface area contributed by atoms with E-state index in [0.717, 1.165) is 28.0 Å². The highest BCUT2D eigenvalue weighted by molar-refractivity contribution is 5.70. The van der Waals surface area contributed by atoms with Crippen LogP contribution in [0.4, 0.5) is 4.79 Å². The molecule has 0 aromatic heterocycles. The molecule has 0 saturated carbocycles. The Labute approximate surface area is 130 Å². The van der Waals surface area contributed by atoms with Crippen LogP contribution in [0.2, 0.25) is 0 Å². The molecule has 0 radical (unpaired) electrons. The average Bonchev–Trinajstić information content (AvgIpc) is 2.94. The van der Waals surface area contributed by atoms with Gasteiger partial charge in [-0.3, -0.25) is 0 Å². The summed E-state index contributed by atoms with van der Waals surface area (Å²) < 4.78 is 10.9. The summed E-state index contributed by atoms with van der Waals surface area (Å²) in [6.07, 6.45) is -0.357. The van der Waals surface area contributed by atoms with Gasteiger partial charge in [-0.05, 0) is 36.1 Å². The first-order chi connectivity index (χ1) is 10.6. The van der Waals surface area contributed by atoms with E-state index < -0.39 is 0 Å². The summed E-state index contributed by atoms with van der Waals surface area (Å²) >= 11 is 0. The van der Waals surface area contributed by atoms with Gasteiger partial charge in [-0.15, -0.1) is 0 Å². The number of carbonyl (C=O) groups excluding carboxylic acids is 1. The van der Waals surface area contributed by atoms with Crippen LogP contribution in [0.5, 0.6) is 5.75 Å². The number of hydrogen-bond donors (Lipinski definition) is 1. The maximum absolute atomic E-state index is 11.2. The van der Waals surface area contributed by atoms with Crippen LogP contribution in [-0.4, -0.2) is 12.7 Å². The molecule has 22 heavy (non-hydrogen) atoms. The highest BCUT2D eigenvalue weighted by Gasteiger charge is 2.24. The molecule has 0 aliphatic carbocycles. The van der Waals surface area contributed by atoms with Gasteiger partial charge in [-0.1, -0.05) is 42.5 Å². The third-order valence-electron chi connectivity index (χ3n) is 3.78. The van der Waals surface area contributed by atoms with E-state index in [1.807, 2.05) is 56.3 Å². The predicted octanol–water partition coefficient (Wildman–Crippen LogP) is 3.66. The lowest BCUT2D eigenvalue weighted by atomic mass is 10.0. The molecule has 1 aliphatic heterocycles. The Kier molecular flexibility index (Phi) is 4.00. The van der Waals surface area contributed by atoms with Crippen molar-refractivity contribution in [1.29, 1.82) is 0 Å². The van der Waals surface area contributed by atoms with E-state index in [1.54, 1.807) is 0 Å². The second-order valence-corrected chi connectivity index (χ2v) is 5.55. The molecule has 0 bridgehead atoms. The Morgan fingerprint density at radius 1 is 1.18 bits per heavy atom. The third-order valence-corrected chi connectivity index (χ3v) is 3.78. The zero-order valence-electron chi connectivity index (χ0n) is 12.8. The molecular weight excluding hydrogens is 278 g/mol. The van der Waals surface area contributed by atoms with Crippen molar-refractivity contribution in [1.82, 2.24) is 5.32 Å². The molecular formula is C18H19NO3. The topological polar surface area (TPSA) is 47.6 Å². The summed E-state index contributed by atoms with van der Waals surface area (Å²) in [7, 11) is 0. The minimum atomic E-state index is -0.357. The summed E-state index contributed by atoms with van der Waals surface area (Å²) in [6, 6.07) is 14.1. The van der Waals surface area contributed by atoms with Gasteiger partial charge in [0.1, 0.15) is 19.0 Å². The first kappa shape index (κ1) is 14.4. The molecule has 0 spiro atoms. The van der Waals surface area contributed by atoms with Gasteiger partial charge in [0, 0.05) is 0 Å². The quantitative estimate of drug-likeness (QED) is 0.936. The molecule has 1 N–H and O–H groups in total. The van der Waals surface area contributed by atoms with Gasteiger partial charge in [-0.2, -0.15) is 0 Å². The van der Waals surface area contributed by atoms with Crippen LogP contribution in [0.3, 0.4) is 0 Å². The van der Waals surface area contributed by atoms with E-state index in [0.29, 0.717) is 13.2 Å². The van der Waals surface area contributed by atoms with E-state index in [4.69, 9.17) is 9.47 Å². The summed E-state index contributed by atoms with van der Waals surface area (Å²) in [4.78, 5) is 11.2. The zero-order valence-corrected chi connectivity index (χ0v) is 12.8. The number of rotatable bonds is 4. The number of nitrogens with one attached hydrogen (secondary N) is 1. The highest BCUT2D eigenvalue weighted by atomic mass is 16.6. The van der Waals surface area contributed by atoms with E-state index in [2.05, 4.69) is 5.32 Å². The van der Waals surface area contributed by atoms with Crippen LogP contribution < -0.4 is 10.1 Å². The molecule has 4 nitrogen and oxygen atoms in total. The van der Waals surface area contributed by atoms with Crippen molar-refractivity contribution in [3.8, 4) is 5.75 Å². The van der Waals surface area contributed by atoms with E-state index in [9.17, 15) is 4.79 Å². The molecule has 1 atom stereocenters. The molecule has 0 unspecified atom stereocenters. The van der Waals surface area contributed by atoms with Gasteiger partial charge in [0.05, 0.1) is 6.04 Å². The second-order valence-electron chi connectivity index (χ2n) is 5.55. The standard InChI is InChI=1S/C18H19NO3/c1-12-8-15(16-11-22-18(20)19-16)9-13(2)17(12)21-10-14-6-4-3-5-7-14/h3-9,16H,10-11H2,1-2H3,(H,19,20)/t16-/m1/s1. The number of aryl methyl sites for hydroxylation is 2. The summed E-state index contributed by atoms with van der Waals surface area (Å²) in [5, 5.41) is 2.80. The van der Waals surface area contributed by atoms with Crippen molar-refractivity contribution in [2.45, 2.75) is 26.5 Å². The van der Waals surface area contributed by atoms with E-state index in [-0.39, 0.29) is 12.1 Å². The Bertz CT molecular complexity index is 659. The lowest BCUT2D eigenvalue weighted by Gasteiger charge is -2.16. The van der Waals surface area contributed by atoms with Gasteiger partial charge >= 0.3 is 6.09 Å². The number of benzene rings is 2. The maximum atomic E-state index is 11.2. The molecule has 1 saturated heterocycles. The lowest BCUT2D eigenvalue weighted by molar-refractivity contribution is 0.177. The van der Waals surface area contributed by atoms with Crippen LogP contribution in [0.15, 0.2) is 42.5 Å². The number of cyclic esters (lactones) is 1. The zero-order chi connectivity index (χ0) is 15.5. The molecule has 2 aromatic rings. The fourth-order valence-electron chi connectivity index (χ4n) is 2.71. The van der Waals surface area contributed by atoms with Crippen molar-refractivity contribution >= 4 is 6.09 Å². The van der Waals surface area contributed by atoms with Crippen LogP contribution in [-0.2, 0) is 11.3 Å². The minimum absolute atomic E-state index is 0.0759. The van der Waals surface area contributed by atoms with Gasteiger partial charge in [0.15, 0.2) is 0 Å². The van der Waals surface area contributed by atoms with Gasteiger partial charge in [0.25, 0.3) is 0 Å². The minimum Gasteiger partial charge on any atom is -0.488 e. The molecule has 2 aromatic carbocycles. The van der Waals surface area contributed by atoms with Gasteiger partial charge in [-0.25, -0.2) is 4.79 Å². The molecule has 1 fully saturated rings. The van der Waals surface area contributed by atoms with Crippen molar-refractivity contribution < 1.29 is 14.3 Å². The largest absolute Gasteiger partial charge is 0.488 e. The molecule has 1 aliphatic rings. The Balaban J connectivity index is 1.76. The fraction of sp³-hybridized carbons (Fsp3) is 0.278. The molecule has 1 amide bonds. The molecule has 4 heteroatoms. The monoisotopic (exact) mass is 297 g/mol. The van der Waals surface area contributed by atoms with Gasteiger partial charge < -0.3 is 14.8 Å². The van der Waals surface area contributed by atoms with Crippen LogP contribution in [0.25, 0.3) is 0 Å². The smallest absolute Gasteiger partial charge is 0.407 e. The maximum Gasteiger partial charge on any atom is 0.407 e. The predicted molar refractivity (Wildman–Crippen MR) is 83.9 cm³/mol. The van der Waals surface area contributed by atoms with Crippen molar-refractivity contribution in [2.24, 2.45) is 0 Å². The van der Waals surface area contributed by atoms with Crippen LogP contribution in [0, 0.1) is 13.8 Å². The molecule has 114 valence electrons. The summed E-state index contributed by atoms with van der Waals surface area (Å²) in [6.45, 7) is 4.97. The number of carbonyl (C=O) groups is 1. The average molecular weight is 297 g/mol. The number of amides is 1. The van der Waals surface area contributed by atoms with E-state index >= 15 is 0 Å². The van der Waals surface area contributed by atoms with Crippen molar-refractivity contribution in [3.05, 3.63) is 64.7 Å². The third kappa shape index (κ3) is 3.06. The number of hydrogen-bond acceptors (Lipinski definition) is 3. The Hall–Kier alpha value is -2.49. The normalized spacial score (nSPS) is 17.0. The number of alkyl carbamates (subject to hydrolysis) is 1. The molecule has 1 heterocycles. The van der Waals surface area contributed by atoms with Gasteiger partial charge in [0.2, 0.25) is 0 Å². The first-order valence-electron chi connectivity index (χ1n) is 7.34. The van der Waals surface area contributed by atoms with Crippen molar-refractivity contribution in [2.75, 3.05) is 6.61 Å². The van der Waals surface area contributed by atoms with Crippen molar-refractivity contribution in [3.63, 3.8) is 0 Å². The summed E-state index contributed by atoms with van der Waals surface area (Å²) in [5.74, 6) is 0.901. The summed E-state index contributed by atoms with van der Waals surface area (Å²) in [5.41, 5.74) is 4.31. The first-order valence-corrected chi connectivity index (χ1v) is 7.34. The molecule has 3 rings (SSSR count). The SMILES string of the molecule is Cc1cc([C@H]2COC(=O)N2)cc(C)c1OCc1ccccc1. The van der Waals surface area contributed by atoms with Crippen LogP contribution in [0.1, 0.15) is 28.3 Å². The fourth-order valence-corrected chi connectivity index (χ4v) is 2.71. The lowest BCUT2D eigenvalue weighted by Crippen LogP contribution is -2.18.